The van der Waals surface area contributed by atoms with Gasteiger partial charge in [0.25, 0.3) is 0 Å². The maximum absolute atomic E-state index is 3.94. The standard InChI is InChI=1S/C12H9BrS3/c13-12(11-4-2-7-15-11)9(5-8-16-12)10-3-1-6-14-10/h1-9H/t9-,12-/m0/s1. The molecule has 2 aromatic rings. The number of thioether (sulfide) groups is 1. The monoisotopic (exact) mass is 328 g/mol. The normalized spacial score (nSPS) is 28.7. The summed E-state index contributed by atoms with van der Waals surface area (Å²) in [6, 6.07) is 8.67. The van der Waals surface area contributed by atoms with Gasteiger partial charge in [-0.05, 0) is 28.3 Å². The van der Waals surface area contributed by atoms with Gasteiger partial charge in [-0.15, -0.1) is 34.4 Å². The molecule has 2 atom stereocenters. The molecular formula is C12H9BrS3. The maximum Gasteiger partial charge on any atom is 0.120 e. The molecule has 16 heavy (non-hydrogen) atoms. The third kappa shape index (κ3) is 1.72. The average Bonchev–Trinajstić information content (AvgIpc) is 2.99. The SMILES string of the molecule is Br[C@]1(c2cccs2)SC=C[C@H]1c1cccs1. The van der Waals surface area contributed by atoms with Crippen molar-refractivity contribution in [3.8, 4) is 0 Å². The van der Waals surface area contributed by atoms with Crippen LogP contribution in [0.3, 0.4) is 0 Å². The van der Waals surface area contributed by atoms with Crippen LogP contribution in [0.5, 0.6) is 0 Å². The quantitative estimate of drug-likeness (QED) is 0.665. The van der Waals surface area contributed by atoms with Crippen molar-refractivity contribution in [1.29, 1.82) is 0 Å². The zero-order valence-electron chi connectivity index (χ0n) is 8.30. The lowest BCUT2D eigenvalue weighted by molar-refractivity contribution is 0.817. The molecular weight excluding hydrogens is 320 g/mol. The number of hydrogen-bond acceptors (Lipinski definition) is 3. The van der Waals surface area contributed by atoms with E-state index in [1.807, 2.05) is 34.4 Å². The minimum absolute atomic E-state index is 0.00597. The molecule has 3 heterocycles. The molecule has 82 valence electrons. The van der Waals surface area contributed by atoms with Gasteiger partial charge in [-0.1, -0.05) is 34.1 Å². The number of rotatable bonds is 2. The molecule has 0 unspecified atom stereocenters. The smallest absolute Gasteiger partial charge is 0.120 e. The highest BCUT2D eigenvalue weighted by molar-refractivity contribution is 9.11. The molecule has 0 N–H and O–H groups in total. The summed E-state index contributed by atoms with van der Waals surface area (Å²) in [6.07, 6.45) is 2.30. The Bertz CT molecular complexity index is 486. The first kappa shape index (κ1) is 11.1. The van der Waals surface area contributed by atoms with E-state index in [0.717, 1.165) is 0 Å². The second-order valence-corrected chi connectivity index (χ2v) is 8.42. The van der Waals surface area contributed by atoms with Crippen molar-refractivity contribution in [3.05, 3.63) is 56.3 Å². The average molecular weight is 329 g/mol. The summed E-state index contributed by atoms with van der Waals surface area (Å²) in [4.78, 5) is 2.81. The van der Waals surface area contributed by atoms with Crippen molar-refractivity contribution in [2.45, 2.75) is 9.57 Å². The van der Waals surface area contributed by atoms with Crippen LogP contribution in [-0.4, -0.2) is 0 Å². The minimum Gasteiger partial charge on any atom is -0.148 e. The van der Waals surface area contributed by atoms with Crippen LogP contribution in [0, 0.1) is 0 Å². The molecule has 0 spiro atoms. The molecule has 0 aliphatic carbocycles. The first-order valence-corrected chi connectivity index (χ1v) is 8.35. The summed E-state index contributed by atoms with van der Waals surface area (Å²) in [5.74, 6) is 0.441. The van der Waals surface area contributed by atoms with E-state index in [4.69, 9.17) is 0 Å². The van der Waals surface area contributed by atoms with E-state index in [1.165, 1.54) is 9.75 Å². The van der Waals surface area contributed by atoms with Crippen LogP contribution >= 0.6 is 50.4 Å². The summed E-state index contributed by atoms with van der Waals surface area (Å²) in [5.41, 5.74) is 0. The van der Waals surface area contributed by atoms with Crippen molar-refractivity contribution < 1.29 is 0 Å². The van der Waals surface area contributed by atoms with E-state index < -0.39 is 0 Å². The van der Waals surface area contributed by atoms with E-state index in [-0.39, 0.29) is 3.66 Å². The Kier molecular flexibility index (Phi) is 3.00. The Morgan fingerprint density at radius 3 is 2.62 bits per heavy atom. The summed E-state index contributed by atoms with van der Waals surface area (Å²) in [5, 5.41) is 6.50. The van der Waals surface area contributed by atoms with Gasteiger partial charge in [-0.25, -0.2) is 0 Å². The second-order valence-electron chi connectivity index (χ2n) is 3.56. The summed E-state index contributed by atoms with van der Waals surface area (Å²) in [6.45, 7) is 0. The first-order valence-electron chi connectivity index (χ1n) is 4.91. The Balaban J connectivity index is 2.03. The van der Waals surface area contributed by atoms with Gasteiger partial charge in [0.05, 0.1) is 0 Å². The van der Waals surface area contributed by atoms with E-state index in [0.29, 0.717) is 5.92 Å². The highest BCUT2D eigenvalue weighted by Crippen LogP contribution is 2.59. The van der Waals surface area contributed by atoms with Gasteiger partial charge < -0.3 is 0 Å². The molecule has 4 heteroatoms. The molecule has 0 nitrogen and oxygen atoms in total. The zero-order chi connectivity index (χ0) is 11.0. The lowest BCUT2D eigenvalue weighted by Gasteiger charge is -2.26. The van der Waals surface area contributed by atoms with Crippen molar-refractivity contribution in [2.24, 2.45) is 0 Å². The van der Waals surface area contributed by atoms with Gasteiger partial charge in [0.15, 0.2) is 0 Å². The van der Waals surface area contributed by atoms with Crippen LogP contribution in [0.1, 0.15) is 15.7 Å². The van der Waals surface area contributed by atoms with E-state index >= 15 is 0 Å². The second kappa shape index (κ2) is 4.33. The van der Waals surface area contributed by atoms with Gasteiger partial charge in [0.2, 0.25) is 0 Å². The molecule has 3 rings (SSSR count). The van der Waals surface area contributed by atoms with Crippen molar-refractivity contribution in [3.63, 3.8) is 0 Å². The third-order valence-electron chi connectivity index (χ3n) is 2.62. The minimum atomic E-state index is 0.00597. The Morgan fingerprint density at radius 1 is 1.12 bits per heavy atom. The molecule has 0 bridgehead atoms. The number of thiophene rings is 2. The molecule has 2 aromatic heterocycles. The topological polar surface area (TPSA) is 0 Å². The molecule has 0 saturated carbocycles. The van der Waals surface area contributed by atoms with Gasteiger partial charge >= 0.3 is 0 Å². The molecule has 1 aliphatic rings. The fourth-order valence-corrected chi connectivity index (χ4v) is 6.09. The van der Waals surface area contributed by atoms with E-state index in [9.17, 15) is 0 Å². The summed E-state index contributed by atoms with van der Waals surface area (Å²) < 4.78 is 0.00597. The number of hydrogen-bond donors (Lipinski definition) is 0. The Morgan fingerprint density at radius 2 is 1.94 bits per heavy atom. The van der Waals surface area contributed by atoms with E-state index in [2.05, 4.69) is 62.4 Å². The van der Waals surface area contributed by atoms with Gasteiger partial charge in [0, 0.05) is 15.7 Å². The van der Waals surface area contributed by atoms with Crippen LogP contribution in [0.25, 0.3) is 0 Å². The molecule has 0 fully saturated rings. The Labute approximate surface area is 116 Å². The number of halogens is 1. The summed E-state index contributed by atoms with van der Waals surface area (Å²) in [7, 11) is 0. The lowest BCUT2D eigenvalue weighted by atomic mass is 10.0. The number of allylic oxidation sites excluding steroid dienone is 1. The maximum atomic E-state index is 3.94. The fourth-order valence-electron chi connectivity index (χ4n) is 1.84. The fraction of sp³-hybridized carbons (Fsp3) is 0.167. The van der Waals surface area contributed by atoms with Gasteiger partial charge in [-0.2, -0.15) is 0 Å². The van der Waals surface area contributed by atoms with Gasteiger partial charge in [0.1, 0.15) is 3.66 Å². The molecule has 0 saturated heterocycles. The van der Waals surface area contributed by atoms with Crippen molar-refractivity contribution in [1.82, 2.24) is 0 Å². The van der Waals surface area contributed by atoms with Crippen LogP contribution in [0.4, 0.5) is 0 Å². The molecule has 0 aromatic carbocycles. The van der Waals surface area contributed by atoms with Crippen LogP contribution in [0.2, 0.25) is 0 Å². The lowest BCUT2D eigenvalue weighted by Crippen LogP contribution is -2.16. The van der Waals surface area contributed by atoms with Crippen molar-refractivity contribution in [2.75, 3.05) is 0 Å². The highest BCUT2D eigenvalue weighted by atomic mass is 79.9. The highest BCUT2D eigenvalue weighted by Gasteiger charge is 2.42. The Hall–Kier alpha value is -0.0300. The number of alkyl halides is 1. The molecule has 0 radical (unpaired) electrons. The predicted molar refractivity (Wildman–Crippen MR) is 78.7 cm³/mol. The van der Waals surface area contributed by atoms with Crippen LogP contribution in [-0.2, 0) is 3.66 Å². The van der Waals surface area contributed by atoms with Crippen LogP contribution in [0.15, 0.2) is 46.5 Å². The van der Waals surface area contributed by atoms with Crippen molar-refractivity contribution >= 4 is 50.4 Å². The summed E-state index contributed by atoms with van der Waals surface area (Å²) >= 11 is 9.45. The largest absolute Gasteiger partial charge is 0.148 e. The van der Waals surface area contributed by atoms with E-state index in [1.54, 1.807) is 0 Å². The third-order valence-corrected chi connectivity index (χ3v) is 7.56. The molecule has 1 aliphatic heterocycles. The van der Waals surface area contributed by atoms with Crippen LogP contribution < -0.4 is 0 Å². The first-order chi connectivity index (χ1) is 7.81. The molecule has 0 amide bonds. The zero-order valence-corrected chi connectivity index (χ0v) is 12.3. The van der Waals surface area contributed by atoms with Gasteiger partial charge in [-0.3, -0.25) is 0 Å². The predicted octanol–water partition coefficient (Wildman–Crippen LogP) is 5.40.